The van der Waals surface area contributed by atoms with E-state index in [9.17, 15) is 21.2 Å². The van der Waals surface area contributed by atoms with E-state index in [4.69, 9.17) is 5.73 Å². The first-order valence-electron chi connectivity index (χ1n) is 5.99. The van der Waals surface area contributed by atoms with Gasteiger partial charge in [0, 0.05) is 6.54 Å². The lowest BCUT2D eigenvalue weighted by atomic mass is 10.2. The highest BCUT2D eigenvalue weighted by molar-refractivity contribution is 7.92. The van der Waals surface area contributed by atoms with Crippen LogP contribution in [0.15, 0.2) is 23.1 Å². The first-order valence-corrected chi connectivity index (χ1v) is 9.18. The second-order valence-corrected chi connectivity index (χ2v) is 8.83. The van der Waals surface area contributed by atoms with Crippen molar-refractivity contribution in [2.75, 3.05) is 18.0 Å². The van der Waals surface area contributed by atoms with Crippen LogP contribution in [0.4, 0.5) is 10.1 Å². The van der Waals surface area contributed by atoms with Gasteiger partial charge in [-0.15, -0.1) is 0 Å². The third-order valence-corrected chi connectivity index (χ3v) is 6.94. The molecule has 2 rings (SSSR count). The summed E-state index contributed by atoms with van der Waals surface area (Å²) < 4.78 is 62.6. The summed E-state index contributed by atoms with van der Waals surface area (Å²) in [5, 5.41) is -0.712. The molecule has 3 N–H and O–H groups in total. The van der Waals surface area contributed by atoms with Crippen LogP contribution in [0.3, 0.4) is 0 Å². The van der Waals surface area contributed by atoms with Crippen molar-refractivity contribution in [2.45, 2.75) is 23.0 Å². The number of sulfone groups is 1. The highest BCUT2D eigenvalue weighted by Crippen LogP contribution is 2.20. The molecule has 1 saturated heterocycles. The van der Waals surface area contributed by atoms with Crippen LogP contribution in [0.2, 0.25) is 0 Å². The van der Waals surface area contributed by atoms with Crippen LogP contribution in [0.1, 0.15) is 12.8 Å². The van der Waals surface area contributed by atoms with E-state index in [0.29, 0.717) is 12.8 Å². The smallest absolute Gasteiger partial charge is 0.240 e. The predicted octanol–water partition coefficient (Wildman–Crippen LogP) is 0.263. The van der Waals surface area contributed by atoms with E-state index in [1.807, 2.05) is 0 Å². The van der Waals surface area contributed by atoms with Gasteiger partial charge in [-0.25, -0.2) is 25.9 Å². The molecule has 0 aromatic heterocycles. The van der Waals surface area contributed by atoms with Crippen molar-refractivity contribution in [2.24, 2.45) is 0 Å². The molecule has 112 valence electrons. The fourth-order valence-corrected chi connectivity index (χ4v) is 5.01. The van der Waals surface area contributed by atoms with E-state index >= 15 is 0 Å². The van der Waals surface area contributed by atoms with Crippen molar-refractivity contribution < 1.29 is 21.2 Å². The number of hydrogen-bond donors (Lipinski definition) is 2. The van der Waals surface area contributed by atoms with Crippen LogP contribution in [0.25, 0.3) is 0 Å². The zero-order chi connectivity index (χ0) is 15.0. The summed E-state index contributed by atoms with van der Waals surface area (Å²) in [6.45, 7) is -0.198. The van der Waals surface area contributed by atoms with Crippen molar-refractivity contribution in [1.82, 2.24) is 4.72 Å². The molecule has 0 bridgehead atoms. The first-order chi connectivity index (χ1) is 9.22. The molecule has 1 aromatic carbocycles. The second-order valence-electron chi connectivity index (χ2n) is 4.67. The molecule has 9 heteroatoms. The molecular weight excluding hydrogens is 307 g/mol. The van der Waals surface area contributed by atoms with Gasteiger partial charge in [0.1, 0.15) is 5.82 Å². The SMILES string of the molecule is Nc1ccc(S(=O)(=O)NCC2CCCS2(=O)=O)cc1F. The molecule has 1 unspecified atom stereocenters. The Labute approximate surface area is 117 Å². The van der Waals surface area contributed by atoms with Gasteiger partial charge < -0.3 is 5.73 Å². The Bertz CT molecular complexity index is 716. The molecule has 1 aromatic rings. The summed E-state index contributed by atoms with van der Waals surface area (Å²) in [5.41, 5.74) is 5.12. The van der Waals surface area contributed by atoms with Crippen molar-refractivity contribution in [3.63, 3.8) is 0 Å². The molecule has 6 nitrogen and oxygen atoms in total. The van der Waals surface area contributed by atoms with Crippen LogP contribution in [-0.4, -0.2) is 34.4 Å². The van der Waals surface area contributed by atoms with Gasteiger partial charge in [-0.2, -0.15) is 0 Å². The number of nitrogens with one attached hydrogen (secondary N) is 1. The van der Waals surface area contributed by atoms with E-state index in [-0.39, 0.29) is 22.9 Å². The lowest BCUT2D eigenvalue weighted by Gasteiger charge is -2.11. The number of halogens is 1. The van der Waals surface area contributed by atoms with E-state index in [2.05, 4.69) is 4.72 Å². The summed E-state index contributed by atoms with van der Waals surface area (Å²) in [7, 11) is -7.17. The maximum atomic E-state index is 13.3. The van der Waals surface area contributed by atoms with Crippen molar-refractivity contribution in [3.05, 3.63) is 24.0 Å². The standard InChI is InChI=1S/C11H15FN2O4S2/c12-10-6-8(3-4-11(10)13)20(17,18)14-7-9-2-1-5-19(9,15)16/h3-4,6,9,14H,1-2,5,7,13H2. The fourth-order valence-electron chi connectivity index (χ4n) is 2.05. The largest absolute Gasteiger partial charge is 0.396 e. The number of nitrogens with two attached hydrogens (primary N) is 1. The molecule has 0 saturated carbocycles. The van der Waals surface area contributed by atoms with Crippen molar-refractivity contribution in [3.8, 4) is 0 Å². The number of rotatable bonds is 4. The van der Waals surface area contributed by atoms with Crippen LogP contribution in [0, 0.1) is 5.82 Å². The van der Waals surface area contributed by atoms with Gasteiger partial charge in [0.25, 0.3) is 0 Å². The lowest BCUT2D eigenvalue weighted by Crippen LogP contribution is -2.34. The van der Waals surface area contributed by atoms with Gasteiger partial charge in [-0.05, 0) is 31.0 Å². The van der Waals surface area contributed by atoms with Crippen LogP contribution >= 0.6 is 0 Å². The Hall–Kier alpha value is -1.19. The van der Waals surface area contributed by atoms with E-state index in [1.54, 1.807) is 0 Å². The van der Waals surface area contributed by atoms with Crippen molar-refractivity contribution in [1.29, 1.82) is 0 Å². The molecule has 1 aliphatic rings. The maximum absolute atomic E-state index is 13.3. The minimum Gasteiger partial charge on any atom is -0.396 e. The number of nitrogen functional groups attached to an aromatic ring is 1. The Kier molecular flexibility index (Phi) is 4.03. The summed E-state index contributed by atoms with van der Waals surface area (Å²) >= 11 is 0. The zero-order valence-corrected chi connectivity index (χ0v) is 12.2. The van der Waals surface area contributed by atoms with Gasteiger partial charge in [-0.3, -0.25) is 0 Å². The van der Waals surface area contributed by atoms with Gasteiger partial charge in [-0.1, -0.05) is 0 Å². The number of benzene rings is 1. The Morgan fingerprint density at radius 3 is 2.65 bits per heavy atom. The third kappa shape index (κ3) is 3.10. The Morgan fingerprint density at radius 2 is 2.10 bits per heavy atom. The minimum atomic E-state index is -3.95. The van der Waals surface area contributed by atoms with E-state index in [0.717, 1.165) is 12.1 Å². The number of hydrogen-bond acceptors (Lipinski definition) is 5. The molecule has 1 atom stereocenters. The average molecular weight is 322 g/mol. The fraction of sp³-hybridized carbons (Fsp3) is 0.455. The molecular formula is C11H15FN2O4S2. The number of sulfonamides is 1. The third-order valence-electron chi connectivity index (χ3n) is 3.25. The van der Waals surface area contributed by atoms with Crippen LogP contribution in [-0.2, 0) is 19.9 Å². The van der Waals surface area contributed by atoms with Crippen LogP contribution < -0.4 is 10.5 Å². The molecule has 0 spiro atoms. The van der Waals surface area contributed by atoms with Crippen molar-refractivity contribution >= 4 is 25.5 Å². The van der Waals surface area contributed by atoms with Gasteiger partial charge in [0.05, 0.1) is 21.6 Å². The van der Waals surface area contributed by atoms with Crippen LogP contribution in [0.5, 0.6) is 0 Å². The molecule has 1 fully saturated rings. The minimum absolute atomic E-state index is 0.0793. The zero-order valence-electron chi connectivity index (χ0n) is 10.5. The molecule has 20 heavy (non-hydrogen) atoms. The van der Waals surface area contributed by atoms with E-state index < -0.39 is 30.9 Å². The molecule has 0 radical (unpaired) electrons. The monoisotopic (exact) mass is 322 g/mol. The average Bonchev–Trinajstić information content (AvgIpc) is 2.69. The summed E-state index contributed by atoms with van der Waals surface area (Å²) in [4.78, 5) is -0.278. The number of anilines is 1. The predicted molar refractivity (Wildman–Crippen MR) is 72.8 cm³/mol. The Balaban J connectivity index is 2.13. The highest BCUT2D eigenvalue weighted by Gasteiger charge is 2.32. The highest BCUT2D eigenvalue weighted by atomic mass is 32.2. The molecule has 1 heterocycles. The van der Waals surface area contributed by atoms with Gasteiger partial charge >= 0.3 is 0 Å². The van der Waals surface area contributed by atoms with E-state index in [1.165, 1.54) is 6.07 Å². The maximum Gasteiger partial charge on any atom is 0.240 e. The summed E-state index contributed by atoms with van der Waals surface area (Å²) in [6.07, 6.45) is 0.964. The van der Waals surface area contributed by atoms with Gasteiger partial charge in [0.2, 0.25) is 10.0 Å². The second kappa shape index (κ2) is 5.30. The normalized spacial score (nSPS) is 21.9. The Morgan fingerprint density at radius 1 is 1.40 bits per heavy atom. The summed E-state index contributed by atoms with van der Waals surface area (Å²) in [6, 6.07) is 3.13. The molecule has 0 aliphatic carbocycles. The summed E-state index contributed by atoms with van der Waals surface area (Å²) in [5.74, 6) is -0.753. The topological polar surface area (TPSA) is 106 Å². The molecule has 1 aliphatic heterocycles. The lowest BCUT2D eigenvalue weighted by molar-refractivity contribution is 0.569. The molecule has 0 amide bonds. The van der Waals surface area contributed by atoms with Gasteiger partial charge in [0.15, 0.2) is 9.84 Å². The quantitative estimate of drug-likeness (QED) is 0.774. The first kappa shape index (κ1) is 15.2.